The summed E-state index contributed by atoms with van der Waals surface area (Å²) in [6.07, 6.45) is 1.96. The molecule has 2 aromatic rings. The number of benzene rings is 2. The summed E-state index contributed by atoms with van der Waals surface area (Å²) in [6.45, 7) is 1.32. The van der Waals surface area contributed by atoms with E-state index in [1.807, 2.05) is 42.5 Å². The number of rotatable bonds is 4. The minimum absolute atomic E-state index is 0.0157. The molecule has 0 aliphatic carbocycles. The summed E-state index contributed by atoms with van der Waals surface area (Å²) in [7, 11) is 0. The molecule has 4 aliphatic rings. The van der Waals surface area contributed by atoms with Crippen molar-refractivity contribution in [3.63, 3.8) is 0 Å². The van der Waals surface area contributed by atoms with E-state index < -0.39 is 0 Å². The number of hydrogen-bond acceptors (Lipinski definition) is 6. The zero-order valence-electron chi connectivity index (χ0n) is 17.5. The molecule has 4 atom stereocenters. The van der Waals surface area contributed by atoms with E-state index in [2.05, 4.69) is 4.90 Å². The second-order valence-electron chi connectivity index (χ2n) is 8.93. The summed E-state index contributed by atoms with van der Waals surface area (Å²) in [5.74, 6) is 0.473. The number of likely N-dealkylation sites (tertiary alicyclic amines) is 1. The van der Waals surface area contributed by atoms with Crippen molar-refractivity contribution < 1.29 is 19.1 Å². The zero-order chi connectivity index (χ0) is 22.0. The standard InChI is InChI=1S/C24H24N4O4/c25-22(26)15-6-4-14(5-7-15)21-20-19(16-2-1-9-27(16)21)23(29)28(24(20)30)11-13-3-8-17-18(10-13)32-12-31-17/h3-8,10,16,19-21H,1-2,9,11-12H2,(H3,25,26). The Labute approximate surface area is 185 Å². The van der Waals surface area contributed by atoms with Crippen LogP contribution in [0.1, 0.15) is 35.6 Å². The smallest absolute Gasteiger partial charge is 0.235 e. The van der Waals surface area contributed by atoms with Crippen LogP contribution in [0.2, 0.25) is 0 Å². The molecule has 3 fully saturated rings. The summed E-state index contributed by atoms with van der Waals surface area (Å²) in [6, 6.07) is 13.0. The van der Waals surface area contributed by atoms with Gasteiger partial charge in [0, 0.05) is 17.6 Å². The van der Waals surface area contributed by atoms with Gasteiger partial charge in [-0.25, -0.2) is 0 Å². The van der Waals surface area contributed by atoms with Crippen LogP contribution in [0.4, 0.5) is 0 Å². The third-order valence-electron chi connectivity index (χ3n) is 7.28. The van der Waals surface area contributed by atoms with E-state index in [4.69, 9.17) is 20.6 Å². The number of amides is 2. The molecule has 2 amide bonds. The first-order chi connectivity index (χ1) is 15.5. The normalized spacial score (nSPS) is 28.3. The molecule has 0 radical (unpaired) electrons. The van der Waals surface area contributed by atoms with Gasteiger partial charge in [-0.2, -0.15) is 0 Å². The lowest BCUT2D eigenvalue weighted by atomic mass is 9.85. The first-order valence-corrected chi connectivity index (χ1v) is 11.0. The van der Waals surface area contributed by atoms with Crippen molar-refractivity contribution in [2.24, 2.45) is 17.6 Å². The van der Waals surface area contributed by atoms with E-state index in [0.29, 0.717) is 17.1 Å². The number of hydrogen-bond donors (Lipinski definition) is 2. The molecule has 0 aromatic heterocycles. The van der Waals surface area contributed by atoms with Crippen LogP contribution in [0, 0.1) is 17.2 Å². The van der Waals surface area contributed by atoms with Gasteiger partial charge in [-0.05, 0) is 42.6 Å². The minimum Gasteiger partial charge on any atom is -0.454 e. The Morgan fingerprint density at radius 1 is 1.03 bits per heavy atom. The number of carbonyl (C=O) groups is 2. The van der Waals surface area contributed by atoms with Crippen molar-refractivity contribution in [3.8, 4) is 11.5 Å². The highest BCUT2D eigenvalue weighted by Crippen LogP contribution is 2.53. The number of nitrogen functional groups attached to an aromatic ring is 1. The largest absolute Gasteiger partial charge is 0.454 e. The fourth-order valence-electron chi connectivity index (χ4n) is 5.90. The molecule has 8 nitrogen and oxygen atoms in total. The number of nitrogens with two attached hydrogens (primary N) is 1. The molecule has 2 aromatic carbocycles. The molecule has 0 saturated carbocycles. The number of amidine groups is 1. The van der Waals surface area contributed by atoms with Crippen molar-refractivity contribution in [3.05, 3.63) is 59.2 Å². The van der Waals surface area contributed by atoms with Crippen molar-refractivity contribution in [1.82, 2.24) is 9.80 Å². The van der Waals surface area contributed by atoms with Gasteiger partial charge in [0.15, 0.2) is 11.5 Å². The maximum atomic E-state index is 13.6. The minimum atomic E-state index is -0.384. The Hall–Kier alpha value is -3.39. The molecule has 4 aliphatic heterocycles. The second kappa shape index (κ2) is 7.06. The van der Waals surface area contributed by atoms with Crippen molar-refractivity contribution in [1.29, 1.82) is 5.41 Å². The third-order valence-corrected chi connectivity index (χ3v) is 7.28. The number of nitrogens with one attached hydrogen (secondary N) is 1. The average Bonchev–Trinajstić information content (AvgIpc) is 3.54. The Morgan fingerprint density at radius 2 is 1.78 bits per heavy atom. The molecule has 164 valence electrons. The lowest BCUT2D eigenvalue weighted by Crippen LogP contribution is -2.38. The van der Waals surface area contributed by atoms with Gasteiger partial charge in [0.05, 0.1) is 18.4 Å². The molecule has 8 heteroatoms. The van der Waals surface area contributed by atoms with Crippen LogP contribution in [0.3, 0.4) is 0 Å². The summed E-state index contributed by atoms with van der Waals surface area (Å²) in [5, 5.41) is 7.63. The Morgan fingerprint density at radius 3 is 2.56 bits per heavy atom. The average molecular weight is 432 g/mol. The number of fused-ring (bicyclic) bond motifs is 4. The van der Waals surface area contributed by atoms with Gasteiger partial charge in [-0.3, -0.25) is 24.8 Å². The SMILES string of the molecule is N=C(N)c1ccc(C2C3C(=O)N(Cc4ccc5c(c4)OCO5)C(=O)C3C3CCCN32)cc1. The van der Waals surface area contributed by atoms with Crippen molar-refractivity contribution in [2.75, 3.05) is 13.3 Å². The molecule has 3 saturated heterocycles. The molecule has 0 spiro atoms. The van der Waals surface area contributed by atoms with Gasteiger partial charge in [-0.15, -0.1) is 0 Å². The zero-order valence-corrected chi connectivity index (χ0v) is 17.5. The van der Waals surface area contributed by atoms with E-state index >= 15 is 0 Å². The van der Waals surface area contributed by atoms with Crippen molar-refractivity contribution >= 4 is 17.6 Å². The van der Waals surface area contributed by atoms with Crippen LogP contribution in [-0.4, -0.2) is 46.8 Å². The number of carbonyl (C=O) groups excluding carboxylic acids is 2. The van der Waals surface area contributed by atoms with Crippen LogP contribution in [0.15, 0.2) is 42.5 Å². The summed E-state index contributed by atoms with van der Waals surface area (Å²) < 4.78 is 10.8. The Bertz CT molecular complexity index is 1130. The molecule has 0 bridgehead atoms. The first-order valence-electron chi connectivity index (χ1n) is 11.0. The fourth-order valence-corrected chi connectivity index (χ4v) is 5.90. The molecule has 6 rings (SSSR count). The fraction of sp³-hybridized carbons (Fsp3) is 0.375. The van der Waals surface area contributed by atoms with E-state index in [0.717, 1.165) is 30.5 Å². The quantitative estimate of drug-likeness (QED) is 0.435. The number of nitrogens with zero attached hydrogens (tertiary/aromatic N) is 2. The lowest BCUT2D eigenvalue weighted by Gasteiger charge is -2.29. The number of imide groups is 1. The maximum absolute atomic E-state index is 13.6. The van der Waals surface area contributed by atoms with Gasteiger partial charge in [0.25, 0.3) is 0 Å². The van der Waals surface area contributed by atoms with Crippen LogP contribution in [-0.2, 0) is 16.1 Å². The van der Waals surface area contributed by atoms with Gasteiger partial charge in [0.1, 0.15) is 5.84 Å². The monoisotopic (exact) mass is 432 g/mol. The van der Waals surface area contributed by atoms with E-state index in [-0.39, 0.29) is 54.9 Å². The van der Waals surface area contributed by atoms with Gasteiger partial charge < -0.3 is 15.2 Å². The van der Waals surface area contributed by atoms with Gasteiger partial charge in [-0.1, -0.05) is 30.3 Å². The van der Waals surface area contributed by atoms with Crippen LogP contribution in [0.5, 0.6) is 11.5 Å². The summed E-state index contributed by atoms with van der Waals surface area (Å²) >= 11 is 0. The van der Waals surface area contributed by atoms with E-state index in [1.54, 1.807) is 0 Å². The highest BCUT2D eigenvalue weighted by molar-refractivity contribution is 6.06. The molecule has 4 unspecified atom stereocenters. The van der Waals surface area contributed by atoms with E-state index in [1.165, 1.54) is 4.90 Å². The summed E-state index contributed by atoms with van der Waals surface area (Å²) in [5.41, 5.74) is 8.11. The molecular weight excluding hydrogens is 408 g/mol. The van der Waals surface area contributed by atoms with Gasteiger partial charge >= 0.3 is 0 Å². The summed E-state index contributed by atoms with van der Waals surface area (Å²) in [4.78, 5) is 30.8. The van der Waals surface area contributed by atoms with E-state index in [9.17, 15) is 9.59 Å². The van der Waals surface area contributed by atoms with Crippen LogP contribution >= 0.6 is 0 Å². The first kappa shape index (κ1) is 19.3. The molecular formula is C24H24N4O4. The topological polar surface area (TPSA) is 109 Å². The highest BCUT2D eigenvalue weighted by Gasteiger charge is 2.62. The molecule has 32 heavy (non-hydrogen) atoms. The third kappa shape index (κ3) is 2.75. The Balaban J connectivity index is 1.32. The Kier molecular flexibility index (Phi) is 4.26. The van der Waals surface area contributed by atoms with Crippen LogP contribution in [0.25, 0.3) is 0 Å². The second-order valence-corrected chi connectivity index (χ2v) is 8.93. The predicted octanol–water partition coefficient (Wildman–Crippen LogP) is 2.02. The van der Waals surface area contributed by atoms with Crippen LogP contribution < -0.4 is 15.2 Å². The maximum Gasteiger partial charge on any atom is 0.235 e. The van der Waals surface area contributed by atoms with Crippen molar-refractivity contribution in [2.45, 2.75) is 31.5 Å². The predicted molar refractivity (Wildman–Crippen MR) is 115 cm³/mol. The molecule has 4 heterocycles. The van der Waals surface area contributed by atoms with Gasteiger partial charge in [0.2, 0.25) is 18.6 Å². The molecule has 3 N–H and O–H groups in total. The lowest BCUT2D eigenvalue weighted by molar-refractivity contribution is -0.142. The highest BCUT2D eigenvalue weighted by atomic mass is 16.7. The number of ether oxygens (including phenoxy) is 2.